The summed E-state index contributed by atoms with van der Waals surface area (Å²) in [7, 11) is 0. The Balaban J connectivity index is 1.90. The quantitative estimate of drug-likeness (QED) is 0.775. The highest BCUT2D eigenvalue weighted by Crippen LogP contribution is 2.14. The topological polar surface area (TPSA) is 37.8 Å². The first-order valence-corrected chi connectivity index (χ1v) is 6.63. The average Bonchev–Trinajstić information content (AvgIpc) is 2.84. The van der Waals surface area contributed by atoms with Gasteiger partial charge in [-0.3, -0.25) is 9.89 Å². The summed E-state index contributed by atoms with van der Waals surface area (Å²) < 4.78 is 1.63. The van der Waals surface area contributed by atoms with Crippen LogP contribution in [0.25, 0.3) is 11.3 Å². The molecule has 0 saturated carbocycles. The van der Waals surface area contributed by atoms with Crippen LogP contribution in [0.5, 0.6) is 0 Å². The molecule has 3 rings (SSSR count). The lowest BCUT2D eigenvalue weighted by atomic mass is 10.1. The molecule has 20 heavy (non-hydrogen) atoms. The zero-order chi connectivity index (χ0) is 13.9. The first kappa shape index (κ1) is 12.5. The number of nitrogens with one attached hydrogen (secondary N) is 1. The Kier molecular flexibility index (Phi) is 3.25. The van der Waals surface area contributed by atoms with Gasteiger partial charge >= 0.3 is 0 Å². The fourth-order valence-corrected chi connectivity index (χ4v) is 2.19. The summed E-state index contributed by atoms with van der Waals surface area (Å²) >= 11 is 0. The number of aryl methyl sites for hydroxylation is 1. The molecule has 0 fully saturated rings. The summed E-state index contributed by atoms with van der Waals surface area (Å²) in [5.41, 5.74) is 4.19. The van der Waals surface area contributed by atoms with Gasteiger partial charge in [0.1, 0.15) is 0 Å². The van der Waals surface area contributed by atoms with Gasteiger partial charge in [0, 0.05) is 6.07 Å². The molecular weight excluding hydrogens is 248 g/mol. The largest absolute Gasteiger partial charge is 0.295 e. The van der Waals surface area contributed by atoms with Gasteiger partial charge in [0.05, 0.1) is 12.2 Å². The van der Waals surface area contributed by atoms with Crippen molar-refractivity contribution in [3.05, 3.63) is 82.1 Å². The minimum atomic E-state index is -0.00979. The molecule has 2 aromatic carbocycles. The normalized spacial score (nSPS) is 10.7. The van der Waals surface area contributed by atoms with Crippen molar-refractivity contribution in [2.75, 3.05) is 0 Å². The van der Waals surface area contributed by atoms with Crippen molar-refractivity contribution in [1.29, 1.82) is 0 Å². The summed E-state index contributed by atoms with van der Waals surface area (Å²) in [6, 6.07) is 19.7. The second-order valence-corrected chi connectivity index (χ2v) is 4.95. The van der Waals surface area contributed by atoms with Crippen molar-refractivity contribution in [1.82, 2.24) is 9.78 Å². The standard InChI is InChI=1S/C17H16N2O/c1-13-7-9-14(10-8-13)12-19-17(20)11-16(18-19)15-5-3-2-4-6-15/h2-11,18H,12H2,1H3. The molecule has 0 atom stereocenters. The van der Waals surface area contributed by atoms with Crippen LogP contribution >= 0.6 is 0 Å². The Bertz CT molecular complexity index is 752. The second-order valence-electron chi connectivity index (χ2n) is 4.95. The van der Waals surface area contributed by atoms with E-state index < -0.39 is 0 Å². The van der Waals surface area contributed by atoms with E-state index in [4.69, 9.17) is 0 Å². The third-order valence-corrected chi connectivity index (χ3v) is 3.34. The lowest BCUT2D eigenvalue weighted by Gasteiger charge is -2.03. The molecular formula is C17H16N2O. The Morgan fingerprint density at radius 1 is 1.00 bits per heavy atom. The fraction of sp³-hybridized carbons (Fsp3) is 0.118. The third kappa shape index (κ3) is 2.57. The van der Waals surface area contributed by atoms with E-state index >= 15 is 0 Å². The first-order valence-electron chi connectivity index (χ1n) is 6.63. The number of rotatable bonds is 3. The number of benzene rings is 2. The molecule has 1 heterocycles. The molecule has 3 nitrogen and oxygen atoms in total. The van der Waals surface area contributed by atoms with Gasteiger partial charge in [-0.25, -0.2) is 4.68 Å². The minimum absolute atomic E-state index is 0.00979. The smallest absolute Gasteiger partial charge is 0.267 e. The summed E-state index contributed by atoms with van der Waals surface area (Å²) in [4.78, 5) is 12.0. The SMILES string of the molecule is Cc1ccc(Cn2[nH]c(-c3ccccc3)cc2=O)cc1. The van der Waals surface area contributed by atoms with Crippen LogP contribution in [-0.4, -0.2) is 9.78 Å². The molecule has 0 bridgehead atoms. The minimum Gasteiger partial charge on any atom is -0.295 e. The molecule has 0 spiro atoms. The molecule has 0 amide bonds. The van der Waals surface area contributed by atoms with Crippen LogP contribution in [0.4, 0.5) is 0 Å². The monoisotopic (exact) mass is 264 g/mol. The van der Waals surface area contributed by atoms with Gasteiger partial charge < -0.3 is 0 Å². The van der Waals surface area contributed by atoms with E-state index in [9.17, 15) is 4.79 Å². The highest BCUT2D eigenvalue weighted by Gasteiger charge is 2.05. The predicted octanol–water partition coefficient (Wildman–Crippen LogP) is 3.20. The molecule has 100 valence electrons. The van der Waals surface area contributed by atoms with Crippen LogP contribution in [-0.2, 0) is 6.54 Å². The maximum Gasteiger partial charge on any atom is 0.267 e. The summed E-state index contributed by atoms with van der Waals surface area (Å²) in [6.07, 6.45) is 0. The highest BCUT2D eigenvalue weighted by atomic mass is 16.1. The van der Waals surface area contributed by atoms with E-state index in [2.05, 4.69) is 24.2 Å². The predicted molar refractivity (Wildman–Crippen MR) is 80.8 cm³/mol. The van der Waals surface area contributed by atoms with Gasteiger partial charge in [-0.2, -0.15) is 0 Å². The number of aromatic amines is 1. The van der Waals surface area contributed by atoms with Crippen molar-refractivity contribution < 1.29 is 0 Å². The number of hydrogen-bond donors (Lipinski definition) is 1. The molecule has 0 unspecified atom stereocenters. The van der Waals surface area contributed by atoms with Gasteiger partial charge in [-0.15, -0.1) is 0 Å². The molecule has 0 aliphatic carbocycles. The molecule has 1 aromatic heterocycles. The lowest BCUT2D eigenvalue weighted by Crippen LogP contribution is -2.16. The molecule has 3 aromatic rings. The molecule has 0 aliphatic heterocycles. The van der Waals surface area contributed by atoms with Gasteiger partial charge in [0.25, 0.3) is 5.56 Å². The summed E-state index contributed by atoms with van der Waals surface area (Å²) in [6.45, 7) is 2.62. The third-order valence-electron chi connectivity index (χ3n) is 3.34. The molecule has 0 saturated heterocycles. The summed E-state index contributed by atoms with van der Waals surface area (Å²) in [5, 5.41) is 3.17. The first-order chi connectivity index (χ1) is 9.72. The molecule has 0 radical (unpaired) electrons. The maximum atomic E-state index is 12.0. The Morgan fingerprint density at radius 2 is 1.70 bits per heavy atom. The van der Waals surface area contributed by atoms with Crippen LogP contribution < -0.4 is 5.56 Å². The van der Waals surface area contributed by atoms with Crippen LogP contribution in [0.15, 0.2) is 65.5 Å². The van der Waals surface area contributed by atoms with E-state index in [-0.39, 0.29) is 5.56 Å². The zero-order valence-corrected chi connectivity index (χ0v) is 11.3. The van der Waals surface area contributed by atoms with Gasteiger partial charge in [-0.1, -0.05) is 60.2 Å². The van der Waals surface area contributed by atoms with Crippen molar-refractivity contribution >= 4 is 0 Å². The Hall–Kier alpha value is -2.55. The average molecular weight is 264 g/mol. The van der Waals surface area contributed by atoms with E-state index in [1.54, 1.807) is 10.7 Å². The second kappa shape index (κ2) is 5.21. The van der Waals surface area contributed by atoms with E-state index in [0.29, 0.717) is 6.54 Å². The van der Waals surface area contributed by atoms with Gasteiger partial charge in [0.2, 0.25) is 0 Å². The van der Waals surface area contributed by atoms with E-state index in [0.717, 1.165) is 16.8 Å². The van der Waals surface area contributed by atoms with Crippen LogP contribution in [0.3, 0.4) is 0 Å². The van der Waals surface area contributed by atoms with Crippen LogP contribution in [0.2, 0.25) is 0 Å². The van der Waals surface area contributed by atoms with Gasteiger partial charge in [-0.05, 0) is 18.1 Å². The van der Waals surface area contributed by atoms with E-state index in [1.165, 1.54) is 5.56 Å². The van der Waals surface area contributed by atoms with Crippen molar-refractivity contribution in [2.45, 2.75) is 13.5 Å². The van der Waals surface area contributed by atoms with E-state index in [1.807, 2.05) is 42.5 Å². The lowest BCUT2D eigenvalue weighted by molar-refractivity contribution is 0.666. The van der Waals surface area contributed by atoms with Crippen LogP contribution in [0, 0.1) is 6.92 Å². The molecule has 1 N–H and O–H groups in total. The Labute approximate surface area is 117 Å². The molecule has 3 heteroatoms. The van der Waals surface area contributed by atoms with Gasteiger partial charge in [0.15, 0.2) is 0 Å². The number of H-pyrrole nitrogens is 1. The maximum absolute atomic E-state index is 12.0. The number of nitrogens with zero attached hydrogens (tertiary/aromatic N) is 1. The number of hydrogen-bond acceptors (Lipinski definition) is 1. The van der Waals surface area contributed by atoms with Crippen molar-refractivity contribution in [2.24, 2.45) is 0 Å². The van der Waals surface area contributed by atoms with Crippen molar-refractivity contribution in [3.63, 3.8) is 0 Å². The highest BCUT2D eigenvalue weighted by molar-refractivity contribution is 5.58. The Morgan fingerprint density at radius 3 is 2.40 bits per heavy atom. The fourth-order valence-electron chi connectivity index (χ4n) is 2.19. The zero-order valence-electron chi connectivity index (χ0n) is 11.3. The summed E-state index contributed by atoms with van der Waals surface area (Å²) in [5.74, 6) is 0. The number of aromatic nitrogens is 2. The van der Waals surface area contributed by atoms with Crippen molar-refractivity contribution in [3.8, 4) is 11.3 Å². The molecule has 0 aliphatic rings. The van der Waals surface area contributed by atoms with Crippen LogP contribution in [0.1, 0.15) is 11.1 Å².